The molecule has 0 unspecified atom stereocenters. The molecule has 0 radical (unpaired) electrons. The van der Waals surface area contributed by atoms with Gasteiger partial charge in [-0.2, -0.15) is 0 Å². The summed E-state index contributed by atoms with van der Waals surface area (Å²) in [7, 11) is 2.21. The van der Waals surface area contributed by atoms with Crippen LogP contribution in [0.15, 0.2) is 23.8 Å². The van der Waals surface area contributed by atoms with Crippen LogP contribution in [0.4, 0.5) is 0 Å². The smallest absolute Gasteiger partial charge is 0.0231 e. The Hall–Kier alpha value is -0.600. The second kappa shape index (κ2) is 4.76. The molecule has 0 aromatic heterocycles. The molecule has 0 spiro atoms. The molecule has 1 fully saturated rings. The van der Waals surface area contributed by atoms with E-state index < -0.39 is 0 Å². The van der Waals surface area contributed by atoms with Gasteiger partial charge in [0.2, 0.25) is 0 Å². The maximum atomic E-state index is 2.56. The summed E-state index contributed by atoms with van der Waals surface area (Å²) >= 11 is 0. The molecule has 0 aromatic rings. The van der Waals surface area contributed by atoms with Gasteiger partial charge in [0, 0.05) is 32.7 Å². The minimum atomic E-state index is 1.16. The lowest BCUT2D eigenvalue weighted by molar-refractivity contribution is 0.164. The first-order chi connectivity index (χ1) is 6.84. The Morgan fingerprint density at radius 2 is 1.93 bits per heavy atom. The molecule has 0 saturated carbocycles. The third-order valence-electron chi connectivity index (χ3n) is 3.07. The zero-order valence-electron chi connectivity index (χ0n) is 9.08. The molecule has 2 nitrogen and oxygen atoms in total. The fourth-order valence-corrected chi connectivity index (χ4v) is 2.05. The highest BCUT2D eigenvalue weighted by Crippen LogP contribution is 2.12. The van der Waals surface area contributed by atoms with Gasteiger partial charge in [0.25, 0.3) is 0 Å². The Labute approximate surface area is 86.9 Å². The van der Waals surface area contributed by atoms with Crippen molar-refractivity contribution in [3.63, 3.8) is 0 Å². The summed E-state index contributed by atoms with van der Waals surface area (Å²) in [4.78, 5) is 4.96. The van der Waals surface area contributed by atoms with Crippen molar-refractivity contribution in [1.29, 1.82) is 0 Å². The van der Waals surface area contributed by atoms with Gasteiger partial charge >= 0.3 is 0 Å². The van der Waals surface area contributed by atoms with Gasteiger partial charge in [0.05, 0.1) is 0 Å². The largest absolute Gasteiger partial charge is 0.304 e. The Bertz CT molecular complexity index is 235. The van der Waals surface area contributed by atoms with Crippen molar-refractivity contribution in [2.75, 3.05) is 39.8 Å². The van der Waals surface area contributed by atoms with E-state index in [1.54, 1.807) is 0 Å². The minimum absolute atomic E-state index is 1.16. The molecule has 78 valence electrons. The molecule has 0 aromatic carbocycles. The van der Waals surface area contributed by atoms with E-state index in [0.29, 0.717) is 0 Å². The summed E-state index contributed by atoms with van der Waals surface area (Å²) in [5, 5.41) is 0. The van der Waals surface area contributed by atoms with Crippen LogP contribution in [0.5, 0.6) is 0 Å². The van der Waals surface area contributed by atoms with E-state index in [1.165, 1.54) is 44.6 Å². The number of piperazine rings is 1. The van der Waals surface area contributed by atoms with Crippen molar-refractivity contribution < 1.29 is 0 Å². The van der Waals surface area contributed by atoms with Gasteiger partial charge in [-0.15, -0.1) is 0 Å². The monoisotopic (exact) mass is 192 g/mol. The zero-order valence-corrected chi connectivity index (χ0v) is 9.08. The number of hydrogen-bond donors (Lipinski definition) is 0. The molecule has 1 heterocycles. The van der Waals surface area contributed by atoms with Crippen molar-refractivity contribution in [2.45, 2.75) is 12.8 Å². The molecule has 2 rings (SSSR count). The van der Waals surface area contributed by atoms with E-state index in [1.807, 2.05) is 0 Å². The summed E-state index contributed by atoms with van der Waals surface area (Å²) in [6.07, 6.45) is 9.44. The topological polar surface area (TPSA) is 6.48 Å². The molecule has 2 heteroatoms. The average Bonchev–Trinajstić information content (AvgIpc) is 2.23. The molecular formula is C12H20N2. The lowest BCUT2D eigenvalue weighted by Crippen LogP contribution is -2.44. The van der Waals surface area contributed by atoms with Crippen LogP contribution >= 0.6 is 0 Å². The number of nitrogens with zero attached hydrogens (tertiary/aromatic N) is 2. The van der Waals surface area contributed by atoms with Crippen molar-refractivity contribution in [2.24, 2.45) is 0 Å². The van der Waals surface area contributed by atoms with Crippen molar-refractivity contribution in [1.82, 2.24) is 9.80 Å². The summed E-state index contributed by atoms with van der Waals surface area (Å²) in [5.41, 5.74) is 1.51. The molecule has 0 N–H and O–H groups in total. The maximum Gasteiger partial charge on any atom is 0.0231 e. The Morgan fingerprint density at radius 1 is 1.14 bits per heavy atom. The zero-order chi connectivity index (χ0) is 9.80. The van der Waals surface area contributed by atoms with E-state index in [9.17, 15) is 0 Å². The molecule has 1 aliphatic carbocycles. The minimum Gasteiger partial charge on any atom is -0.304 e. The maximum absolute atomic E-state index is 2.56. The van der Waals surface area contributed by atoms with E-state index in [0.717, 1.165) is 6.54 Å². The second-order valence-corrected chi connectivity index (χ2v) is 4.34. The van der Waals surface area contributed by atoms with Gasteiger partial charge in [0.15, 0.2) is 0 Å². The molecule has 0 amide bonds. The highest BCUT2D eigenvalue weighted by molar-refractivity contribution is 5.23. The van der Waals surface area contributed by atoms with Crippen LogP contribution < -0.4 is 0 Å². The predicted octanol–water partition coefficient (Wildman–Crippen LogP) is 1.51. The van der Waals surface area contributed by atoms with Crippen LogP contribution in [0.2, 0.25) is 0 Å². The number of hydrogen-bond acceptors (Lipinski definition) is 2. The van der Waals surface area contributed by atoms with E-state index in [4.69, 9.17) is 0 Å². The first kappa shape index (κ1) is 9.94. The SMILES string of the molecule is CN1CCN(CC2=CCCC=C2)CC1. The third-order valence-corrected chi connectivity index (χ3v) is 3.07. The van der Waals surface area contributed by atoms with Crippen LogP contribution in [0.3, 0.4) is 0 Å². The summed E-state index contributed by atoms with van der Waals surface area (Å²) in [5.74, 6) is 0. The number of likely N-dealkylation sites (N-methyl/N-ethyl adjacent to an activating group) is 1. The molecular weight excluding hydrogens is 172 g/mol. The molecule has 0 atom stereocenters. The Balaban J connectivity index is 1.80. The van der Waals surface area contributed by atoms with Gasteiger partial charge in [-0.1, -0.05) is 18.2 Å². The average molecular weight is 192 g/mol. The molecule has 14 heavy (non-hydrogen) atoms. The Morgan fingerprint density at radius 3 is 2.57 bits per heavy atom. The molecule has 2 aliphatic rings. The summed E-state index contributed by atoms with van der Waals surface area (Å²) in [6.45, 7) is 6.04. The highest BCUT2D eigenvalue weighted by atomic mass is 15.2. The highest BCUT2D eigenvalue weighted by Gasteiger charge is 2.14. The fourth-order valence-electron chi connectivity index (χ4n) is 2.05. The van der Waals surface area contributed by atoms with Gasteiger partial charge in [-0.05, 0) is 25.5 Å². The predicted molar refractivity (Wildman–Crippen MR) is 60.4 cm³/mol. The van der Waals surface area contributed by atoms with E-state index in [2.05, 4.69) is 35.1 Å². The normalized spacial score (nSPS) is 25.1. The van der Waals surface area contributed by atoms with Gasteiger partial charge in [-0.25, -0.2) is 0 Å². The quantitative estimate of drug-likeness (QED) is 0.654. The summed E-state index contributed by atoms with van der Waals surface area (Å²) < 4.78 is 0. The van der Waals surface area contributed by atoms with E-state index in [-0.39, 0.29) is 0 Å². The first-order valence-electron chi connectivity index (χ1n) is 5.61. The van der Waals surface area contributed by atoms with Gasteiger partial charge < -0.3 is 4.90 Å². The van der Waals surface area contributed by atoms with Gasteiger partial charge in [0.1, 0.15) is 0 Å². The summed E-state index contributed by atoms with van der Waals surface area (Å²) in [6, 6.07) is 0. The lowest BCUT2D eigenvalue weighted by atomic mass is 10.1. The lowest BCUT2D eigenvalue weighted by Gasteiger charge is -2.32. The molecule has 1 aliphatic heterocycles. The standard InChI is InChI=1S/C12H20N2/c1-13-7-9-14(10-8-13)11-12-5-3-2-4-6-12/h3,5-6H,2,4,7-11H2,1H3. The van der Waals surface area contributed by atoms with Crippen LogP contribution in [0, 0.1) is 0 Å². The van der Waals surface area contributed by atoms with Crippen LogP contribution in [0.1, 0.15) is 12.8 Å². The van der Waals surface area contributed by atoms with E-state index >= 15 is 0 Å². The van der Waals surface area contributed by atoms with Crippen molar-refractivity contribution >= 4 is 0 Å². The number of allylic oxidation sites excluding steroid dienone is 2. The van der Waals surface area contributed by atoms with Gasteiger partial charge in [-0.3, -0.25) is 4.90 Å². The van der Waals surface area contributed by atoms with Crippen molar-refractivity contribution in [3.05, 3.63) is 23.8 Å². The first-order valence-corrected chi connectivity index (χ1v) is 5.61. The van der Waals surface area contributed by atoms with Crippen LogP contribution in [-0.2, 0) is 0 Å². The van der Waals surface area contributed by atoms with Crippen LogP contribution in [0.25, 0.3) is 0 Å². The molecule has 0 bridgehead atoms. The molecule has 1 saturated heterocycles. The second-order valence-electron chi connectivity index (χ2n) is 4.34. The third kappa shape index (κ3) is 2.69. The van der Waals surface area contributed by atoms with Crippen LogP contribution in [-0.4, -0.2) is 49.6 Å². The van der Waals surface area contributed by atoms with Crippen molar-refractivity contribution in [3.8, 4) is 0 Å². The fraction of sp³-hybridized carbons (Fsp3) is 0.667. The Kier molecular flexibility index (Phi) is 3.38. The number of rotatable bonds is 2.